The number of halogens is 1. The predicted octanol–water partition coefficient (Wildman–Crippen LogP) is 5.04. The average molecular weight is 286 g/mol. The van der Waals surface area contributed by atoms with Gasteiger partial charge in [0.05, 0.1) is 0 Å². The molecule has 1 unspecified atom stereocenters. The van der Waals surface area contributed by atoms with Gasteiger partial charge in [0.15, 0.2) is 0 Å². The second-order valence-electron chi connectivity index (χ2n) is 5.69. The molecular formula is C18H20FP. The SMILES string of the molecule is Fc1ccc(-c2ccc(C3CCCCC3)cc2)cc1P. The van der Waals surface area contributed by atoms with Crippen LogP contribution in [0.25, 0.3) is 11.1 Å². The molecule has 1 atom stereocenters. The summed E-state index contributed by atoms with van der Waals surface area (Å²) >= 11 is 0. The largest absolute Gasteiger partial charge is 0.206 e. The lowest BCUT2D eigenvalue weighted by Crippen LogP contribution is -2.04. The summed E-state index contributed by atoms with van der Waals surface area (Å²) in [6.07, 6.45) is 6.76. The maximum absolute atomic E-state index is 13.3. The van der Waals surface area contributed by atoms with Crippen LogP contribution in [0.15, 0.2) is 42.5 Å². The molecule has 1 aliphatic rings. The Hall–Kier alpha value is -1.20. The monoisotopic (exact) mass is 286 g/mol. The molecule has 1 saturated carbocycles. The van der Waals surface area contributed by atoms with E-state index in [1.165, 1.54) is 43.7 Å². The Labute approximate surface area is 122 Å². The summed E-state index contributed by atoms with van der Waals surface area (Å²) < 4.78 is 13.3. The second kappa shape index (κ2) is 6.06. The molecule has 0 heterocycles. The van der Waals surface area contributed by atoms with Gasteiger partial charge < -0.3 is 0 Å². The summed E-state index contributed by atoms with van der Waals surface area (Å²) in [7, 11) is 2.45. The first-order chi connectivity index (χ1) is 9.74. The lowest BCUT2D eigenvalue weighted by molar-refractivity contribution is 0.443. The molecule has 0 spiro atoms. The summed E-state index contributed by atoms with van der Waals surface area (Å²) in [4.78, 5) is 0. The van der Waals surface area contributed by atoms with E-state index in [1.807, 2.05) is 12.1 Å². The summed E-state index contributed by atoms with van der Waals surface area (Å²) in [6, 6.07) is 14.1. The molecule has 0 nitrogen and oxygen atoms in total. The lowest BCUT2D eigenvalue weighted by Gasteiger charge is -2.22. The highest BCUT2D eigenvalue weighted by Gasteiger charge is 2.15. The number of benzene rings is 2. The molecule has 0 radical (unpaired) electrons. The van der Waals surface area contributed by atoms with E-state index in [4.69, 9.17) is 0 Å². The van der Waals surface area contributed by atoms with Gasteiger partial charge in [-0.25, -0.2) is 4.39 Å². The van der Waals surface area contributed by atoms with Gasteiger partial charge in [0.1, 0.15) is 5.82 Å². The third-order valence-corrected chi connectivity index (χ3v) is 4.76. The van der Waals surface area contributed by atoms with Crippen molar-refractivity contribution in [2.45, 2.75) is 38.0 Å². The van der Waals surface area contributed by atoms with Gasteiger partial charge in [-0.2, -0.15) is 0 Å². The van der Waals surface area contributed by atoms with Crippen molar-refractivity contribution in [1.82, 2.24) is 0 Å². The molecule has 20 heavy (non-hydrogen) atoms. The van der Waals surface area contributed by atoms with Gasteiger partial charge in [-0.3, -0.25) is 0 Å². The molecule has 0 N–H and O–H groups in total. The lowest BCUT2D eigenvalue weighted by atomic mass is 9.84. The number of hydrogen-bond donors (Lipinski definition) is 0. The number of rotatable bonds is 2. The fourth-order valence-corrected chi connectivity index (χ4v) is 3.38. The van der Waals surface area contributed by atoms with E-state index in [0.717, 1.165) is 17.0 Å². The molecule has 2 aromatic carbocycles. The Kier molecular flexibility index (Phi) is 4.17. The Morgan fingerprint density at radius 3 is 2.15 bits per heavy atom. The number of hydrogen-bond acceptors (Lipinski definition) is 0. The van der Waals surface area contributed by atoms with Crippen molar-refractivity contribution in [3.8, 4) is 11.1 Å². The molecule has 1 fully saturated rings. The van der Waals surface area contributed by atoms with Crippen molar-refractivity contribution in [3.05, 3.63) is 53.8 Å². The average Bonchev–Trinajstić information content (AvgIpc) is 2.51. The molecule has 2 heteroatoms. The molecule has 2 aromatic rings. The Morgan fingerprint density at radius 2 is 1.50 bits per heavy atom. The molecule has 0 amide bonds. The van der Waals surface area contributed by atoms with Crippen molar-refractivity contribution in [2.75, 3.05) is 0 Å². The minimum Gasteiger partial charge on any atom is -0.206 e. The van der Waals surface area contributed by atoms with Crippen molar-refractivity contribution in [1.29, 1.82) is 0 Å². The van der Waals surface area contributed by atoms with Crippen LogP contribution in [0.3, 0.4) is 0 Å². The van der Waals surface area contributed by atoms with Crippen molar-refractivity contribution >= 4 is 14.5 Å². The van der Waals surface area contributed by atoms with Gasteiger partial charge in [0.25, 0.3) is 0 Å². The zero-order valence-corrected chi connectivity index (χ0v) is 12.8. The minimum absolute atomic E-state index is 0.169. The third-order valence-electron chi connectivity index (χ3n) is 4.32. The first-order valence-electron chi connectivity index (χ1n) is 7.39. The van der Waals surface area contributed by atoms with Crippen LogP contribution in [0, 0.1) is 5.82 Å². The molecule has 104 valence electrons. The Balaban J connectivity index is 1.83. The van der Waals surface area contributed by atoms with E-state index in [0.29, 0.717) is 5.30 Å². The van der Waals surface area contributed by atoms with E-state index in [9.17, 15) is 4.39 Å². The highest BCUT2D eigenvalue weighted by molar-refractivity contribution is 7.27. The Bertz CT molecular complexity index is 583. The van der Waals surface area contributed by atoms with Crippen LogP contribution in [0.4, 0.5) is 4.39 Å². The quantitative estimate of drug-likeness (QED) is 0.678. The Morgan fingerprint density at radius 1 is 0.850 bits per heavy atom. The topological polar surface area (TPSA) is 0 Å². The minimum atomic E-state index is -0.169. The van der Waals surface area contributed by atoms with Crippen LogP contribution in [0.2, 0.25) is 0 Å². The fourth-order valence-electron chi connectivity index (χ4n) is 3.11. The van der Waals surface area contributed by atoms with Gasteiger partial charge in [-0.1, -0.05) is 49.6 Å². The summed E-state index contributed by atoms with van der Waals surface area (Å²) in [6.45, 7) is 0. The molecule has 0 aromatic heterocycles. The van der Waals surface area contributed by atoms with E-state index in [1.54, 1.807) is 0 Å². The zero-order chi connectivity index (χ0) is 13.9. The highest BCUT2D eigenvalue weighted by Crippen LogP contribution is 2.33. The van der Waals surface area contributed by atoms with Crippen molar-refractivity contribution in [2.24, 2.45) is 0 Å². The molecule has 0 bridgehead atoms. The molecule has 0 aliphatic heterocycles. The van der Waals surface area contributed by atoms with E-state index in [2.05, 4.69) is 33.5 Å². The van der Waals surface area contributed by atoms with Crippen LogP contribution < -0.4 is 5.30 Å². The van der Waals surface area contributed by atoms with Gasteiger partial charge in [-0.05, 0) is 47.6 Å². The fraction of sp³-hybridized carbons (Fsp3) is 0.333. The van der Waals surface area contributed by atoms with Crippen LogP contribution in [0.1, 0.15) is 43.6 Å². The van der Waals surface area contributed by atoms with Crippen LogP contribution in [0.5, 0.6) is 0 Å². The summed E-state index contributed by atoms with van der Waals surface area (Å²) in [5.74, 6) is 0.570. The van der Waals surface area contributed by atoms with Crippen LogP contribution >= 0.6 is 9.24 Å². The normalized spacial score (nSPS) is 16.3. The summed E-state index contributed by atoms with van der Waals surface area (Å²) in [5.41, 5.74) is 3.70. The maximum atomic E-state index is 13.3. The van der Waals surface area contributed by atoms with E-state index in [-0.39, 0.29) is 5.82 Å². The molecule has 0 saturated heterocycles. The standard InChI is InChI=1S/C18H20FP/c19-17-11-10-16(12-18(17)20)15-8-6-14(7-9-15)13-4-2-1-3-5-13/h6-13H,1-5,20H2. The second-order valence-corrected chi connectivity index (χ2v) is 6.32. The van der Waals surface area contributed by atoms with Crippen molar-refractivity contribution < 1.29 is 4.39 Å². The van der Waals surface area contributed by atoms with Crippen LogP contribution in [-0.2, 0) is 0 Å². The predicted molar refractivity (Wildman–Crippen MR) is 87.0 cm³/mol. The first-order valence-corrected chi connectivity index (χ1v) is 7.97. The molecule has 3 rings (SSSR count). The molecular weight excluding hydrogens is 266 g/mol. The smallest absolute Gasteiger partial charge is 0.130 e. The maximum Gasteiger partial charge on any atom is 0.130 e. The highest BCUT2D eigenvalue weighted by atomic mass is 31.0. The van der Waals surface area contributed by atoms with Gasteiger partial charge >= 0.3 is 0 Å². The third kappa shape index (κ3) is 2.94. The zero-order valence-electron chi connectivity index (χ0n) is 11.6. The van der Waals surface area contributed by atoms with Gasteiger partial charge in [-0.15, -0.1) is 9.24 Å². The van der Waals surface area contributed by atoms with Gasteiger partial charge in [0.2, 0.25) is 0 Å². The molecule has 1 aliphatic carbocycles. The van der Waals surface area contributed by atoms with Crippen molar-refractivity contribution in [3.63, 3.8) is 0 Å². The van der Waals surface area contributed by atoms with Gasteiger partial charge in [0, 0.05) is 5.30 Å². The van der Waals surface area contributed by atoms with Crippen LogP contribution in [-0.4, -0.2) is 0 Å². The van der Waals surface area contributed by atoms with E-state index < -0.39 is 0 Å². The summed E-state index contributed by atoms with van der Waals surface area (Å²) in [5, 5.41) is 0.624. The van der Waals surface area contributed by atoms with E-state index >= 15 is 0 Å². The first kappa shape index (κ1) is 13.8.